The normalized spacial score (nSPS) is 10.2. The first-order chi connectivity index (χ1) is 11.8. The average Bonchev–Trinajstić information content (AvgIpc) is 2.57. The molecule has 0 spiro atoms. The number of ether oxygens (including phenoxy) is 2. The van der Waals surface area contributed by atoms with Crippen molar-refractivity contribution in [1.82, 2.24) is 0 Å². The molecule has 3 N–H and O–H groups in total. The topological polar surface area (TPSA) is 90.7 Å². The molecule has 8 heteroatoms. The lowest BCUT2D eigenvalue weighted by Crippen LogP contribution is -2.21. The predicted molar refractivity (Wildman–Crippen MR) is 105 cm³/mol. The van der Waals surface area contributed by atoms with Gasteiger partial charge in [-0.1, -0.05) is 11.6 Å². The van der Waals surface area contributed by atoms with Gasteiger partial charge >= 0.3 is 5.97 Å². The Morgan fingerprint density at radius 3 is 2.64 bits per heavy atom. The summed E-state index contributed by atoms with van der Waals surface area (Å²) < 4.78 is 11.2. The Bertz CT molecular complexity index is 827. The first-order valence-corrected chi connectivity index (χ1v) is 8.63. The van der Waals surface area contributed by atoms with Crippen LogP contribution in [0.1, 0.15) is 15.9 Å². The molecule has 25 heavy (non-hydrogen) atoms. The van der Waals surface area contributed by atoms with Crippen LogP contribution in [0.25, 0.3) is 0 Å². The van der Waals surface area contributed by atoms with Gasteiger partial charge in [0.05, 0.1) is 17.8 Å². The van der Waals surface area contributed by atoms with Gasteiger partial charge in [0, 0.05) is 15.3 Å². The van der Waals surface area contributed by atoms with Gasteiger partial charge < -0.3 is 20.5 Å². The van der Waals surface area contributed by atoms with E-state index in [0.717, 1.165) is 9.13 Å². The SMILES string of the molecule is COc1cc(N)c(Cl)cc1C(=O)OCC(=O)Nc1ccc(I)cc1C. The maximum atomic E-state index is 12.2. The molecule has 0 aliphatic rings. The molecule has 0 saturated heterocycles. The summed E-state index contributed by atoms with van der Waals surface area (Å²) in [5.41, 5.74) is 7.62. The highest BCUT2D eigenvalue weighted by atomic mass is 127. The third kappa shape index (κ3) is 4.99. The molecule has 2 aromatic rings. The van der Waals surface area contributed by atoms with E-state index < -0.39 is 18.5 Å². The Balaban J connectivity index is 2.02. The molecule has 0 radical (unpaired) electrons. The highest BCUT2D eigenvalue weighted by Gasteiger charge is 2.18. The van der Waals surface area contributed by atoms with E-state index in [1.165, 1.54) is 19.2 Å². The van der Waals surface area contributed by atoms with Crippen LogP contribution >= 0.6 is 34.2 Å². The molecule has 6 nitrogen and oxygen atoms in total. The van der Waals surface area contributed by atoms with Crippen LogP contribution in [-0.4, -0.2) is 25.6 Å². The number of hydrogen-bond donors (Lipinski definition) is 2. The van der Waals surface area contributed by atoms with Gasteiger partial charge in [-0.25, -0.2) is 4.79 Å². The molecule has 0 atom stereocenters. The van der Waals surface area contributed by atoms with Crippen LogP contribution in [0.5, 0.6) is 5.75 Å². The van der Waals surface area contributed by atoms with Crippen LogP contribution < -0.4 is 15.8 Å². The Hall–Kier alpha value is -2.00. The molecule has 2 aromatic carbocycles. The number of amides is 1. The molecule has 132 valence electrons. The first kappa shape index (κ1) is 19.3. The van der Waals surface area contributed by atoms with E-state index in [0.29, 0.717) is 5.69 Å². The minimum atomic E-state index is -0.728. The van der Waals surface area contributed by atoms with Gasteiger partial charge in [-0.2, -0.15) is 0 Å². The number of hydrogen-bond acceptors (Lipinski definition) is 5. The highest BCUT2D eigenvalue weighted by Crippen LogP contribution is 2.29. The number of carbonyl (C=O) groups is 2. The van der Waals surface area contributed by atoms with Crippen LogP contribution in [0.4, 0.5) is 11.4 Å². The predicted octanol–water partition coefficient (Wildman–Crippen LogP) is 3.64. The fourth-order valence-corrected chi connectivity index (χ4v) is 2.87. The molecule has 0 aliphatic carbocycles. The molecular weight excluding hydrogens is 459 g/mol. The van der Waals surface area contributed by atoms with Crippen LogP contribution in [0, 0.1) is 10.5 Å². The van der Waals surface area contributed by atoms with Gasteiger partial charge in [0.15, 0.2) is 6.61 Å². The molecule has 0 bridgehead atoms. The standard InChI is InChI=1S/C17H16ClIN2O4/c1-9-5-10(19)3-4-14(9)21-16(22)8-25-17(23)11-6-12(18)13(20)7-15(11)24-2/h3-7H,8,20H2,1-2H3,(H,21,22). The zero-order valence-corrected chi connectivity index (χ0v) is 16.5. The maximum Gasteiger partial charge on any atom is 0.342 e. The van der Waals surface area contributed by atoms with E-state index in [-0.39, 0.29) is 22.0 Å². The van der Waals surface area contributed by atoms with Crippen molar-refractivity contribution in [3.05, 3.63) is 50.1 Å². The van der Waals surface area contributed by atoms with Gasteiger partial charge in [-0.15, -0.1) is 0 Å². The van der Waals surface area contributed by atoms with Crippen LogP contribution in [0.15, 0.2) is 30.3 Å². The molecule has 2 rings (SSSR count). The fourth-order valence-electron chi connectivity index (χ4n) is 2.06. The first-order valence-electron chi connectivity index (χ1n) is 7.18. The molecule has 0 unspecified atom stereocenters. The quantitative estimate of drug-likeness (QED) is 0.392. The summed E-state index contributed by atoms with van der Waals surface area (Å²) in [6, 6.07) is 8.37. The maximum absolute atomic E-state index is 12.2. The number of esters is 1. The number of carbonyl (C=O) groups excluding carboxylic acids is 2. The van der Waals surface area contributed by atoms with Crippen molar-refractivity contribution in [1.29, 1.82) is 0 Å². The van der Waals surface area contributed by atoms with Gasteiger partial charge in [0.2, 0.25) is 0 Å². The Morgan fingerprint density at radius 2 is 2.00 bits per heavy atom. The number of benzene rings is 2. The fraction of sp³-hybridized carbons (Fsp3) is 0.176. The lowest BCUT2D eigenvalue weighted by Gasteiger charge is -2.11. The minimum Gasteiger partial charge on any atom is -0.496 e. The number of nitrogen functional groups attached to an aromatic ring is 1. The summed E-state index contributed by atoms with van der Waals surface area (Å²) in [6.45, 7) is 1.44. The van der Waals surface area contributed by atoms with Crippen LogP contribution in [0.3, 0.4) is 0 Å². The number of aryl methyl sites for hydroxylation is 1. The van der Waals surface area contributed by atoms with Crippen molar-refractivity contribution in [3.63, 3.8) is 0 Å². The summed E-state index contributed by atoms with van der Waals surface area (Å²) in [5.74, 6) is -0.952. The monoisotopic (exact) mass is 474 g/mol. The van der Waals surface area contributed by atoms with Crippen molar-refractivity contribution in [3.8, 4) is 5.75 Å². The number of nitrogens with one attached hydrogen (secondary N) is 1. The largest absolute Gasteiger partial charge is 0.496 e. The van der Waals surface area contributed by atoms with E-state index >= 15 is 0 Å². The average molecular weight is 475 g/mol. The molecule has 1 amide bonds. The summed E-state index contributed by atoms with van der Waals surface area (Å²) >= 11 is 8.10. The summed E-state index contributed by atoms with van der Waals surface area (Å²) in [7, 11) is 1.39. The third-order valence-corrected chi connectivity index (χ3v) is 4.33. The molecule has 0 saturated carbocycles. The smallest absolute Gasteiger partial charge is 0.342 e. The highest BCUT2D eigenvalue weighted by molar-refractivity contribution is 14.1. The zero-order chi connectivity index (χ0) is 18.6. The number of anilines is 2. The van der Waals surface area contributed by atoms with Crippen LogP contribution in [0.2, 0.25) is 5.02 Å². The van der Waals surface area contributed by atoms with Crippen molar-refractivity contribution in [2.24, 2.45) is 0 Å². The number of methoxy groups -OCH3 is 1. The van der Waals surface area contributed by atoms with E-state index in [1.807, 2.05) is 19.1 Å². The zero-order valence-electron chi connectivity index (χ0n) is 13.6. The van der Waals surface area contributed by atoms with Crippen molar-refractivity contribution >= 4 is 57.4 Å². The molecular formula is C17H16ClIN2O4. The van der Waals surface area contributed by atoms with Gasteiger partial charge in [0.1, 0.15) is 11.3 Å². The lowest BCUT2D eigenvalue weighted by atomic mass is 10.2. The van der Waals surface area contributed by atoms with E-state index in [9.17, 15) is 9.59 Å². The second kappa shape index (κ2) is 8.39. The van der Waals surface area contributed by atoms with E-state index in [4.69, 9.17) is 26.8 Å². The minimum absolute atomic E-state index is 0.0972. The molecule has 0 fully saturated rings. The second-order valence-electron chi connectivity index (χ2n) is 5.16. The van der Waals surface area contributed by atoms with E-state index in [2.05, 4.69) is 27.9 Å². The number of rotatable bonds is 5. The summed E-state index contributed by atoms with van der Waals surface area (Å²) in [5, 5.41) is 2.90. The molecule has 0 heterocycles. The number of halogens is 2. The second-order valence-corrected chi connectivity index (χ2v) is 6.81. The lowest BCUT2D eigenvalue weighted by molar-refractivity contribution is -0.119. The van der Waals surface area contributed by atoms with Crippen LogP contribution in [-0.2, 0) is 9.53 Å². The molecule has 0 aliphatic heterocycles. The Labute approximate surface area is 163 Å². The Morgan fingerprint density at radius 1 is 1.28 bits per heavy atom. The summed E-state index contributed by atoms with van der Waals surface area (Å²) in [4.78, 5) is 24.2. The van der Waals surface area contributed by atoms with Gasteiger partial charge in [0.25, 0.3) is 5.91 Å². The van der Waals surface area contributed by atoms with Crippen molar-refractivity contribution in [2.75, 3.05) is 24.8 Å². The van der Waals surface area contributed by atoms with E-state index in [1.54, 1.807) is 6.07 Å². The number of nitrogens with two attached hydrogens (primary N) is 1. The Kier molecular flexibility index (Phi) is 6.49. The molecule has 0 aromatic heterocycles. The van der Waals surface area contributed by atoms with Crippen molar-refractivity contribution < 1.29 is 19.1 Å². The van der Waals surface area contributed by atoms with Gasteiger partial charge in [-0.05, 0) is 59.3 Å². The van der Waals surface area contributed by atoms with Gasteiger partial charge in [-0.3, -0.25) is 4.79 Å². The van der Waals surface area contributed by atoms with Crippen molar-refractivity contribution in [2.45, 2.75) is 6.92 Å². The third-order valence-electron chi connectivity index (χ3n) is 3.34. The summed E-state index contributed by atoms with van der Waals surface area (Å²) in [6.07, 6.45) is 0.